The summed E-state index contributed by atoms with van der Waals surface area (Å²) in [4.78, 5) is 0. The maximum Gasteiger partial charge on any atom is 0.186 e. The molecule has 0 atom stereocenters. The summed E-state index contributed by atoms with van der Waals surface area (Å²) >= 11 is 0. The normalized spacial score (nSPS) is 10.7. The Labute approximate surface area is 156 Å². The summed E-state index contributed by atoms with van der Waals surface area (Å²) < 4.78 is 40.8. The van der Waals surface area contributed by atoms with Crippen LogP contribution >= 0.6 is 0 Å². The summed E-state index contributed by atoms with van der Waals surface area (Å²) in [6.07, 6.45) is 0. The van der Waals surface area contributed by atoms with Crippen LogP contribution in [0.15, 0.2) is 24.3 Å². The van der Waals surface area contributed by atoms with Gasteiger partial charge in [0.05, 0.1) is 6.61 Å². The van der Waals surface area contributed by atoms with Gasteiger partial charge in [0.2, 0.25) is 0 Å². The van der Waals surface area contributed by atoms with Crippen LogP contribution in [0.2, 0.25) is 0 Å². The van der Waals surface area contributed by atoms with Crippen LogP contribution < -0.4 is 14.8 Å². The molecule has 27 heavy (non-hydrogen) atoms. The van der Waals surface area contributed by atoms with Crippen molar-refractivity contribution >= 4 is 11.4 Å². The van der Waals surface area contributed by atoms with Gasteiger partial charge in [-0.25, -0.2) is 8.78 Å². The average Bonchev–Trinajstić information content (AvgIpc) is 2.60. The Balaban J connectivity index is 2.66. The van der Waals surface area contributed by atoms with E-state index in [0.717, 1.165) is 0 Å². The summed E-state index contributed by atoms with van der Waals surface area (Å²) in [5.41, 5.74) is -2.18. The number of hydrogen-bond donors (Lipinski definition) is 1. The predicted octanol–water partition coefficient (Wildman–Crippen LogP) is 5.03. The minimum atomic E-state index is -1.09. The highest BCUT2D eigenvalue weighted by Crippen LogP contribution is 2.39. The maximum atomic E-state index is 15.0. The smallest absolute Gasteiger partial charge is 0.186 e. The SMILES string of the molecule is CCOc1cccc(Nc2c(F)c(C#N)c(C#N)c(F)c2OC(C)(C)C)c1. The van der Waals surface area contributed by atoms with Gasteiger partial charge >= 0.3 is 0 Å². The Morgan fingerprint density at radius 3 is 2.26 bits per heavy atom. The Morgan fingerprint density at radius 1 is 1.07 bits per heavy atom. The van der Waals surface area contributed by atoms with E-state index >= 15 is 0 Å². The van der Waals surface area contributed by atoms with Crippen LogP contribution in [0.3, 0.4) is 0 Å². The summed E-state index contributed by atoms with van der Waals surface area (Å²) in [5, 5.41) is 21.1. The molecule has 1 N–H and O–H groups in total. The molecule has 2 aromatic carbocycles. The van der Waals surface area contributed by atoms with Crippen molar-refractivity contribution in [3.63, 3.8) is 0 Å². The summed E-state index contributed by atoms with van der Waals surface area (Å²) in [5.74, 6) is -2.07. The van der Waals surface area contributed by atoms with E-state index in [-0.39, 0.29) is 5.69 Å². The van der Waals surface area contributed by atoms with E-state index in [1.54, 1.807) is 51.1 Å². The Bertz CT molecular complexity index is 938. The van der Waals surface area contributed by atoms with Crippen molar-refractivity contribution in [2.24, 2.45) is 0 Å². The topological polar surface area (TPSA) is 78.1 Å². The van der Waals surface area contributed by atoms with Crippen LogP contribution in [0.4, 0.5) is 20.2 Å². The first kappa shape index (κ1) is 20.0. The number of benzene rings is 2. The summed E-state index contributed by atoms with van der Waals surface area (Å²) in [7, 11) is 0. The minimum Gasteiger partial charge on any atom is -0.494 e. The monoisotopic (exact) mass is 371 g/mol. The molecule has 140 valence electrons. The van der Waals surface area contributed by atoms with Crippen LogP contribution in [0, 0.1) is 34.3 Å². The molecule has 0 aromatic heterocycles. The third kappa shape index (κ3) is 4.45. The number of ether oxygens (including phenoxy) is 2. The zero-order valence-corrected chi connectivity index (χ0v) is 15.5. The fourth-order valence-corrected chi connectivity index (χ4v) is 2.37. The third-order valence-electron chi connectivity index (χ3n) is 3.38. The van der Waals surface area contributed by atoms with Gasteiger partial charge in [-0.3, -0.25) is 0 Å². The zero-order chi connectivity index (χ0) is 20.2. The van der Waals surface area contributed by atoms with Crippen LogP contribution in [-0.4, -0.2) is 12.2 Å². The number of halogens is 2. The van der Waals surface area contributed by atoms with Gasteiger partial charge in [0.25, 0.3) is 0 Å². The zero-order valence-electron chi connectivity index (χ0n) is 15.5. The van der Waals surface area contributed by atoms with Gasteiger partial charge in [0.15, 0.2) is 17.4 Å². The van der Waals surface area contributed by atoms with E-state index < -0.39 is 34.1 Å². The lowest BCUT2D eigenvalue weighted by atomic mass is 10.0. The van der Waals surface area contributed by atoms with Crippen LogP contribution in [0.5, 0.6) is 11.5 Å². The summed E-state index contributed by atoms with van der Waals surface area (Å²) in [6, 6.07) is 9.71. The molecule has 0 bridgehead atoms. The fourth-order valence-electron chi connectivity index (χ4n) is 2.37. The maximum absolute atomic E-state index is 15.0. The molecule has 5 nitrogen and oxygen atoms in total. The van der Waals surface area contributed by atoms with Crippen molar-refractivity contribution in [3.05, 3.63) is 47.0 Å². The molecule has 0 spiro atoms. The molecule has 2 rings (SSSR count). The molecule has 7 heteroatoms. The minimum absolute atomic E-state index is 0.355. The average molecular weight is 371 g/mol. The van der Waals surface area contributed by atoms with Gasteiger partial charge in [-0.05, 0) is 39.8 Å². The molecule has 2 aromatic rings. The largest absolute Gasteiger partial charge is 0.494 e. The quantitative estimate of drug-likeness (QED) is 0.798. The van der Waals surface area contributed by atoms with E-state index in [1.165, 1.54) is 6.07 Å². The predicted molar refractivity (Wildman–Crippen MR) is 97.1 cm³/mol. The molecule has 0 radical (unpaired) electrons. The van der Waals surface area contributed by atoms with Gasteiger partial charge in [0.1, 0.15) is 40.3 Å². The van der Waals surface area contributed by atoms with E-state index in [4.69, 9.17) is 14.7 Å². The lowest BCUT2D eigenvalue weighted by Gasteiger charge is -2.25. The molecule has 0 aliphatic rings. The molecule has 0 saturated heterocycles. The van der Waals surface area contributed by atoms with Crippen molar-refractivity contribution in [3.8, 4) is 23.6 Å². The number of rotatable bonds is 5. The van der Waals surface area contributed by atoms with Crippen molar-refractivity contribution in [1.82, 2.24) is 0 Å². The fraction of sp³-hybridized carbons (Fsp3) is 0.300. The van der Waals surface area contributed by atoms with Crippen LogP contribution in [-0.2, 0) is 0 Å². The summed E-state index contributed by atoms with van der Waals surface area (Å²) in [6.45, 7) is 7.25. The van der Waals surface area contributed by atoms with Crippen LogP contribution in [0.1, 0.15) is 38.8 Å². The molecule has 0 amide bonds. The Morgan fingerprint density at radius 2 is 1.70 bits per heavy atom. The molecule has 0 aliphatic carbocycles. The first-order chi connectivity index (χ1) is 12.7. The molecule has 0 fully saturated rings. The van der Waals surface area contributed by atoms with E-state index in [0.29, 0.717) is 18.0 Å². The third-order valence-corrected chi connectivity index (χ3v) is 3.38. The second-order valence-electron chi connectivity index (χ2n) is 6.61. The molecule has 0 aliphatic heterocycles. The molecule has 0 heterocycles. The van der Waals surface area contributed by atoms with Gasteiger partial charge in [-0.1, -0.05) is 6.07 Å². The van der Waals surface area contributed by atoms with E-state index in [2.05, 4.69) is 5.32 Å². The molecular formula is C20H19F2N3O2. The lowest BCUT2D eigenvalue weighted by molar-refractivity contribution is 0.125. The van der Waals surface area contributed by atoms with E-state index in [1.807, 2.05) is 6.92 Å². The Hall–Kier alpha value is -3.32. The van der Waals surface area contributed by atoms with E-state index in [9.17, 15) is 14.0 Å². The highest BCUT2D eigenvalue weighted by atomic mass is 19.1. The number of nitrogens with zero attached hydrogens (tertiary/aromatic N) is 2. The highest BCUT2D eigenvalue weighted by Gasteiger charge is 2.29. The molecule has 0 unspecified atom stereocenters. The number of hydrogen-bond acceptors (Lipinski definition) is 5. The second-order valence-corrected chi connectivity index (χ2v) is 6.61. The van der Waals surface area contributed by atoms with Crippen molar-refractivity contribution in [2.45, 2.75) is 33.3 Å². The van der Waals surface area contributed by atoms with Gasteiger partial charge < -0.3 is 14.8 Å². The van der Waals surface area contributed by atoms with Gasteiger partial charge in [-0.2, -0.15) is 10.5 Å². The lowest BCUT2D eigenvalue weighted by Crippen LogP contribution is -2.25. The number of nitrogens with one attached hydrogen (secondary N) is 1. The molecule has 0 saturated carbocycles. The number of nitriles is 2. The van der Waals surface area contributed by atoms with Gasteiger partial charge in [-0.15, -0.1) is 0 Å². The van der Waals surface area contributed by atoms with Crippen molar-refractivity contribution in [1.29, 1.82) is 10.5 Å². The highest BCUT2D eigenvalue weighted by molar-refractivity contribution is 5.73. The Kier molecular flexibility index (Phi) is 5.87. The van der Waals surface area contributed by atoms with Crippen molar-refractivity contribution < 1.29 is 18.3 Å². The first-order valence-corrected chi connectivity index (χ1v) is 8.25. The van der Waals surface area contributed by atoms with Gasteiger partial charge in [0, 0.05) is 11.8 Å². The number of anilines is 2. The van der Waals surface area contributed by atoms with Crippen LogP contribution in [0.25, 0.3) is 0 Å². The molecular weight excluding hydrogens is 352 g/mol. The van der Waals surface area contributed by atoms with Crippen molar-refractivity contribution in [2.75, 3.05) is 11.9 Å². The first-order valence-electron chi connectivity index (χ1n) is 8.25. The standard InChI is InChI=1S/C20H19F2N3O2/c1-5-26-13-8-6-7-12(9-13)25-18-16(21)14(10-23)15(11-24)17(22)19(18)27-20(2,3)4/h6-9,25H,5H2,1-4H3. The second kappa shape index (κ2) is 7.92.